The number of rotatable bonds is 7. The van der Waals surface area contributed by atoms with Gasteiger partial charge in [-0.15, -0.1) is 0 Å². The van der Waals surface area contributed by atoms with Gasteiger partial charge >= 0.3 is 5.97 Å². The van der Waals surface area contributed by atoms with E-state index in [1.54, 1.807) is 16.3 Å². The molecule has 0 saturated carbocycles. The van der Waals surface area contributed by atoms with Crippen LogP contribution in [0.4, 0.5) is 5.82 Å². The fraction of sp³-hybridized carbons (Fsp3) is 0.600. The molecule has 1 aliphatic heterocycles. The molecule has 0 radical (unpaired) electrons. The number of nitrogens with zero attached hydrogens (tertiary/aromatic N) is 4. The number of anilines is 1. The van der Waals surface area contributed by atoms with E-state index in [0.717, 1.165) is 5.75 Å². The molecule has 26 heavy (non-hydrogen) atoms. The number of aromatic nitrogens is 4. The predicted octanol–water partition coefficient (Wildman–Crippen LogP) is -0.319. The molecule has 2 aromatic rings. The van der Waals surface area contributed by atoms with Crippen molar-refractivity contribution in [2.75, 3.05) is 24.3 Å². The van der Waals surface area contributed by atoms with Gasteiger partial charge in [-0.05, 0) is 18.4 Å². The topological polar surface area (TPSA) is 151 Å². The largest absolute Gasteiger partial charge is 0.456 e. The minimum Gasteiger partial charge on any atom is -0.456 e. The highest BCUT2D eigenvalue weighted by atomic mass is 32.2. The Morgan fingerprint density at radius 2 is 2.35 bits per heavy atom. The van der Waals surface area contributed by atoms with Gasteiger partial charge in [0.15, 0.2) is 17.7 Å². The minimum absolute atomic E-state index is 0.188. The molecular weight excluding hydrogens is 360 g/mol. The summed E-state index contributed by atoms with van der Waals surface area (Å²) in [5.74, 6) is 0.524. The number of carbonyl (C=O) groups excluding carboxylic acids is 1. The Morgan fingerprint density at radius 3 is 3.08 bits per heavy atom. The number of imidazole rings is 1. The Labute approximate surface area is 154 Å². The fourth-order valence-corrected chi connectivity index (χ4v) is 3.33. The van der Waals surface area contributed by atoms with Crippen LogP contribution in [0, 0.1) is 0 Å². The van der Waals surface area contributed by atoms with Crippen molar-refractivity contribution < 1.29 is 19.4 Å². The van der Waals surface area contributed by atoms with E-state index in [2.05, 4.69) is 15.0 Å². The second kappa shape index (κ2) is 8.16. The first kappa shape index (κ1) is 18.8. The maximum Gasteiger partial charge on any atom is 0.323 e. The van der Waals surface area contributed by atoms with Crippen molar-refractivity contribution in [3.05, 3.63) is 12.7 Å². The van der Waals surface area contributed by atoms with Gasteiger partial charge in [-0.25, -0.2) is 15.0 Å². The molecule has 5 N–H and O–H groups in total. The first-order valence-corrected chi connectivity index (χ1v) is 9.58. The normalized spacial score (nSPS) is 24.0. The lowest BCUT2D eigenvalue weighted by molar-refractivity contribution is -0.156. The van der Waals surface area contributed by atoms with Gasteiger partial charge in [0.25, 0.3) is 0 Å². The number of aliphatic hydroxyl groups is 1. The molecule has 11 heteroatoms. The van der Waals surface area contributed by atoms with Crippen LogP contribution in [0.15, 0.2) is 12.7 Å². The van der Waals surface area contributed by atoms with Crippen molar-refractivity contribution >= 4 is 34.7 Å². The highest BCUT2D eigenvalue weighted by Gasteiger charge is 2.40. The van der Waals surface area contributed by atoms with Crippen LogP contribution in [0.25, 0.3) is 11.2 Å². The van der Waals surface area contributed by atoms with Gasteiger partial charge in [0.1, 0.15) is 24.0 Å². The molecule has 0 spiro atoms. The summed E-state index contributed by atoms with van der Waals surface area (Å²) < 4.78 is 13.0. The number of hydrogen-bond acceptors (Lipinski definition) is 10. The molecule has 4 atom stereocenters. The van der Waals surface area contributed by atoms with E-state index in [1.165, 1.54) is 12.7 Å². The molecule has 0 bridgehead atoms. The Morgan fingerprint density at radius 1 is 1.54 bits per heavy atom. The molecule has 3 heterocycles. The summed E-state index contributed by atoms with van der Waals surface area (Å²) in [4.78, 5) is 24.6. The summed E-state index contributed by atoms with van der Waals surface area (Å²) in [5.41, 5.74) is 12.6. The van der Waals surface area contributed by atoms with Gasteiger partial charge < -0.3 is 26.0 Å². The van der Waals surface area contributed by atoms with E-state index in [4.69, 9.17) is 20.9 Å². The Bertz CT molecular complexity index is 772. The molecular formula is C15H22N6O4S. The second-order valence-electron chi connectivity index (χ2n) is 6.01. The van der Waals surface area contributed by atoms with Crippen molar-refractivity contribution in [2.24, 2.45) is 5.73 Å². The average Bonchev–Trinajstić information content (AvgIpc) is 3.24. The fourth-order valence-electron chi connectivity index (χ4n) is 2.84. The van der Waals surface area contributed by atoms with Crippen LogP contribution >= 0.6 is 11.8 Å². The van der Waals surface area contributed by atoms with Crippen LogP contribution in [-0.2, 0) is 14.3 Å². The number of fused-ring (bicyclic) bond motifs is 1. The zero-order chi connectivity index (χ0) is 18.7. The number of carbonyl (C=O) groups is 1. The smallest absolute Gasteiger partial charge is 0.323 e. The minimum atomic E-state index is -0.700. The van der Waals surface area contributed by atoms with E-state index in [-0.39, 0.29) is 12.4 Å². The van der Waals surface area contributed by atoms with Gasteiger partial charge in [-0.3, -0.25) is 9.36 Å². The Hall–Kier alpha value is -1.95. The molecule has 1 fully saturated rings. The van der Waals surface area contributed by atoms with Gasteiger partial charge in [0.2, 0.25) is 0 Å². The van der Waals surface area contributed by atoms with Crippen molar-refractivity contribution in [1.29, 1.82) is 0 Å². The summed E-state index contributed by atoms with van der Waals surface area (Å²) in [6.45, 7) is -0.188. The summed E-state index contributed by atoms with van der Waals surface area (Å²) in [6.07, 6.45) is 3.90. The maximum atomic E-state index is 12.3. The molecule has 0 aromatic carbocycles. The highest BCUT2D eigenvalue weighted by Crippen LogP contribution is 2.33. The number of nitrogen functional groups attached to an aromatic ring is 1. The zero-order valence-corrected chi connectivity index (χ0v) is 15.1. The summed E-state index contributed by atoms with van der Waals surface area (Å²) in [5, 5.41) is 9.45. The number of esters is 1. The third-order valence-corrected chi connectivity index (χ3v) is 4.86. The van der Waals surface area contributed by atoms with Crippen LogP contribution in [0.3, 0.4) is 0 Å². The van der Waals surface area contributed by atoms with Gasteiger partial charge in [-0.1, -0.05) is 0 Å². The van der Waals surface area contributed by atoms with E-state index >= 15 is 0 Å². The molecule has 0 unspecified atom stereocenters. The third-order valence-electron chi connectivity index (χ3n) is 4.21. The van der Waals surface area contributed by atoms with Gasteiger partial charge in [-0.2, -0.15) is 11.8 Å². The van der Waals surface area contributed by atoms with Crippen LogP contribution < -0.4 is 11.5 Å². The predicted molar refractivity (Wildman–Crippen MR) is 96.2 cm³/mol. The summed E-state index contributed by atoms with van der Waals surface area (Å²) in [6, 6.07) is -0.700. The summed E-state index contributed by atoms with van der Waals surface area (Å²) in [7, 11) is 0. The van der Waals surface area contributed by atoms with Crippen LogP contribution in [0.5, 0.6) is 0 Å². The molecule has 2 aromatic heterocycles. The van der Waals surface area contributed by atoms with Crippen LogP contribution in [0.1, 0.15) is 19.1 Å². The first-order valence-electron chi connectivity index (χ1n) is 8.19. The Balaban J connectivity index is 1.81. The molecule has 10 nitrogen and oxygen atoms in total. The van der Waals surface area contributed by atoms with E-state index in [1.807, 2.05) is 6.26 Å². The quantitative estimate of drug-likeness (QED) is 0.543. The lowest BCUT2D eigenvalue weighted by Gasteiger charge is -2.22. The monoisotopic (exact) mass is 382 g/mol. The summed E-state index contributed by atoms with van der Waals surface area (Å²) >= 11 is 1.61. The molecule has 1 saturated heterocycles. The number of ether oxygens (including phenoxy) is 2. The number of thioether (sulfide) groups is 1. The van der Waals surface area contributed by atoms with Crippen LogP contribution in [0.2, 0.25) is 0 Å². The standard InChI is InChI=1S/C15H22N6O4S/c1-26-3-2-9(16)15(23)25-10-4-8(5-22)24-14(10)21-7-20-11-12(17)18-6-19-13(11)21/h6-10,14,22H,2-5,16H2,1H3,(H2,17,18,19)/t8-,9-,10+,14+/m0/s1. The van der Waals surface area contributed by atoms with Gasteiger partial charge in [0.05, 0.1) is 19.0 Å². The molecule has 1 aliphatic rings. The maximum absolute atomic E-state index is 12.3. The lowest BCUT2D eigenvalue weighted by atomic mass is 10.2. The number of nitrogens with two attached hydrogens (primary N) is 2. The van der Waals surface area contributed by atoms with Crippen molar-refractivity contribution in [3.63, 3.8) is 0 Å². The molecule has 0 amide bonds. The number of hydrogen-bond donors (Lipinski definition) is 3. The van der Waals surface area contributed by atoms with Crippen LogP contribution in [-0.4, -0.2) is 67.5 Å². The SMILES string of the molecule is CSCC[C@H](N)C(=O)O[C@@H]1C[C@@H](CO)O[C@H]1n1cnc2c(N)ncnc21. The van der Waals surface area contributed by atoms with E-state index in [9.17, 15) is 9.90 Å². The van der Waals surface area contributed by atoms with E-state index in [0.29, 0.717) is 24.0 Å². The van der Waals surface area contributed by atoms with Crippen molar-refractivity contribution in [3.8, 4) is 0 Å². The first-order chi connectivity index (χ1) is 12.5. The molecule has 142 valence electrons. The second-order valence-corrected chi connectivity index (χ2v) is 7.00. The zero-order valence-electron chi connectivity index (χ0n) is 14.3. The van der Waals surface area contributed by atoms with Gasteiger partial charge in [0, 0.05) is 6.42 Å². The average molecular weight is 382 g/mol. The Kier molecular flexibility index (Phi) is 5.91. The third kappa shape index (κ3) is 3.75. The van der Waals surface area contributed by atoms with Crippen molar-refractivity contribution in [1.82, 2.24) is 19.5 Å². The highest BCUT2D eigenvalue weighted by molar-refractivity contribution is 7.98. The lowest BCUT2D eigenvalue weighted by Crippen LogP contribution is -2.37. The number of aliphatic hydroxyl groups excluding tert-OH is 1. The molecule has 0 aliphatic carbocycles. The van der Waals surface area contributed by atoms with Crippen molar-refractivity contribution in [2.45, 2.75) is 37.3 Å². The molecule has 3 rings (SSSR count). The van der Waals surface area contributed by atoms with E-state index < -0.39 is 30.4 Å².